The van der Waals surface area contributed by atoms with Crippen molar-refractivity contribution >= 4 is 23.5 Å². The van der Waals surface area contributed by atoms with Crippen molar-refractivity contribution in [3.05, 3.63) is 53.1 Å². The molecule has 0 aromatic heterocycles. The molecule has 0 heterocycles. The first-order chi connectivity index (χ1) is 13.3. The Labute approximate surface area is 162 Å². The van der Waals surface area contributed by atoms with Crippen LogP contribution in [0, 0.1) is 0 Å². The summed E-state index contributed by atoms with van der Waals surface area (Å²) >= 11 is 0. The maximum Gasteiger partial charge on any atom is 0.335 e. The Morgan fingerprint density at radius 2 is 1.61 bits per heavy atom. The Bertz CT molecular complexity index is 908. The van der Waals surface area contributed by atoms with Gasteiger partial charge in [0.2, 0.25) is 5.91 Å². The van der Waals surface area contributed by atoms with Crippen molar-refractivity contribution in [3.8, 4) is 11.5 Å². The third-order valence-electron chi connectivity index (χ3n) is 4.03. The predicted molar refractivity (Wildman–Crippen MR) is 103 cm³/mol. The highest BCUT2D eigenvalue weighted by Crippen LogP contribution is 2.34. The number of benzene rings is 2. The van der Waals surface area contributed by atoms with E-state index in [1.165, 1.54) is 37.3 Å². The van der Waals surface area contributed by atoms with E-state index in [0.717, 1.165) is 0 Å². The molecular weight excluding hydrogens is 364 g/mol. The lowest BCUT2D eigenvalue weighted by atomic mass is 10.0. The van der Waals surface area contributed by atoms with Gasteiger partial charge in [-0.2, -0.15) is 0 Å². The first-order valence-electron chi connectivity index (χ1n) is 8.37. The number of carboxylic acids is 1. The van der Waals surface area contributed by atoms with Gasteiger partial charge in [0, 0.05) is 20.2 Å². The molecule has 0 saturated carbocycles. The fourth-order valence-corrected chi connectivity index (χ4v) is 2.65. The van der Waals surface area contributed by atoms with Crippen LogP contribution in [0.5, 0.6) is 11.5 Å². The predicted octanol–water partition coefficient (Wildman–Crippen LogP) is 2.29. The Hall–Kier alpha value is -3.55. The lowest BCUT2D eigenvalue weighted by Crippen LogP contribution is -2.25. The van der Waals surface area contributed by atoms with Gasteiger partial charge in [0.25, 0.3) is 5.91 Å². The summed E-state index contributed by atoms with van der Waals surface area (Å²) in [5, 5.41) is 11.9. The van der Waals surface area contributed by atoms with Crippen LogP contribution in [0.25, 0.3) is 0 Å². The van der Waals surface area contributed by atoms with Crippen LogP contribution < -0.4 is 14.8 Å². The first-order valence-corrected chi connectivity index (χ1v) is 8.37. The highest BCUT2D eigenvalue weighted by molar-refractivity contribution is 6.05. The Kier molecular flexibility index (Phi) is 6.59. The third-order valence-corrected chi connectivity index (χ3v) is 4.03. The van der Waals surface area contributed by atoms with E-state index < -0.39 is 11.9 Å². The van der Waals surface area contributed by atoms with Crippen molar-refractivity contribution in [1.82, 2.24) is 4.90 Å². The number of aromatic carboxylic acids is 1. The fourth-order valence-electron chi connectivity index (χ4n) is 2.65. The second kappa shape index (κ2) is 8.90. The van der Waals surface area contributed by atoms with Crippen LogP contribution in [0.3, 0.4) is 0 Å². The average Bonchev–Trinajstić information content (AvgIpc) is 2.67. The number of hydrogen-bond acceptors (Lipinski definition) is 5. The number of carboxylic acid groups (broad SMARTS) is 1. The molecule has 148 valence electrons. The van der Waals surface area contributed by atoms with E-state index >= 15 is 0 Å². The normalized spacial score (nSPS) is 10.1. The molecule has 0 aliphatic rings. The summed E-state index contributed by atoms with van der Waals surface area (Å²) < 4.78 is 10.5. The van der Waals surface area contributed by atoms with Crippen molar-refractivity contribution in [1.29, 1.82) is 0 Å². The average molecular weight is 386 g/mol. The van der Waals surface area contributed by atoms with E-state index in [2.05, 4.69) is 5.32 Å². The minimum Gasteiger partial charge on any atom is -0.493 e. The lowest BCUT2D eigenvalue weighted by molar-refractivity contribution is -0.115. The molecule has 2 aromatic rings. The van der Waals surface area contributed by atoms with E-state index in [1.807, 2.05) is 0 Å². The topological polar surface area (TPSA) is 105 Å². The van der Waals surface area contributed by atoms with Crippen molar-refractivity contribution in [2.45, 2.75) is 6.42 Å². The van der Waals surface area contributed by atoms with Crippen molar-refractivity contribution < 1.29 is 29.0 Å². The van der Waals surface area contributed by atoms with E-state index in [9.17, 15) is 19.5 Å². The summed E-state index contributed by atoms with van der Waals surface area (Å²) in [6, 6.07) is 9.24. The molecule has 0 saturated heterocycles. The Morgan fingerprint density at radius 3 is 2.18 bits per heavy atom. The van der Waals surface area contributed by atoms with Crippen molar-refractivity contribution in [2.75, 3.05) is 33.6 Å². The fraction of sp³-hybridized carbons (Fsp3) is 0.250. The van der Waals surface area contributed by atoms with Gasteiger partial charge in [-0.3, -0.25) is 9.59 Å². The summed E-state index contributed by atoms with van der Waals surface area (Å²) in [6.45, 7) is 0. The second-order valence-corrected chi connectivity index (χ2v) is 6.14. The molecule has 0 spiro atoms. The number of nitrogens with zero attached hydrogens (tertiary/aromatic N) is 1. The van der Waals surface area contributed by atoms with Gasteiger partial charge in [-0.25, -0.2) is 4.79 Å². The van der Waals surface area contributed by atoms with E-state index in [-0.39, 0.29) is 29.1 Å². The molecule has 2 rings (SSSR count). The quantitative estimate of drug-likeness (QED) is 0.756. The maximum atomic E-state index is 12.6. The number of carbonyl (C=O) groups excluding carboxylic acids is 2. The van der Waals surface area contributed by atoms with Gasteiger partial charge in [0.15, 0.2) is 11.5 Å². The minimum absolute atomic E-state index is 0.0505. The highest BCUT2D eigenvalue weighted by atomic mass is 16.5. The molecule has 0 atom stereocenters. The van der Waals surface area contributed by atoms with Gasteiger partial charge < -0.3 is 24.8 Å². The molecule has 8 nitrogen and oxygen atoms in total. The monoisotopic (exact) mass is 386 g/mol. The summed E-state index contributed by atoms with van der Waals surface area (Å²) in [5.41, 5.74) is 0.889. The molecule has 0 aliphatic heterocycles. The second-order valence-electron chi connectivity index (χ2n) is 6.14. The minimum atomic E-state index is -1.11. The van der Waals surface area contributed by atoms with Crippen LogP contribution in [0.1, 0.15) is 26.3 Å². The van der Waals surface area contributed by atoms with Gasteiger partial charge in [0.05, 0.1) is 37.5 Å². The molecule has 0 bridgehead atoms. The lowest BCUT2D eigenvalue weighted by Gasteiger charge is -2.18. The van der Waals surface area contributed by atoms with Crippen LogP contribution in [0.15, 0.2) is 36.4 Å². The smallest absolute Gasteiger partial charge is 0.335 e. The van der Waals surface area contributed by atoms with Crippen molar-refractivity contribution in [2.24, 2.45) is 0 Å². The third kappa shape index (κ3) is 4.59. The Balaban J connectivity index is 2.37. The number of carbonyl (C=O) groups is 3. The molecule has 0 aliphatic carbocycles. The molecule has 2 aromatic carbocycles. The molecule has 28 heavy (non-hydrogen) atoms. The van der Waals surface area contributed by atoms with Gasteiger partial charge in [-0.1, -0.05) is 18.2 Å². The highest BCUT2D eigenvalue weighted by Gasteiger charge is 2.20. The number of methoxy groups -OCH3 is 2. The zero-order valence-corrected chi connectivity index (χ0v) is 16.1. The number of anilines is 1. The number of rotatable bonds is 7. The number of amides is 2. The SMILES string of the molecule is COc1cc(NC(=O)Cc2ccccc2C(=O)O)c(C(=O)N(C)C)cc1OC. The number of nitrogens with one attached hydrogen (secondary N) is 1. The number of hydrogen-bond donors (Lipinski definition) is 2. The van der Waals surface area contributed by atoms with Crippen LogP contribution in [0.4, 0.5) is 5.69 Å². The number of ether oxygens (including phenoxy) is 2. The van der Waals surface area contributed by atoms with Crippen molar-refractivity contribution in [3.63, 3.8) is 0 Å². The molecule has 2 N–H and O–H groups in total. The van der Waals surface area contributed by atoms with Crippen LogP contribution in [-0.2, 0) is 11.2 Å². The van der Waals surface area contributed by atoms with E-state index in [1.54, 1.807) is 32.3 Å². The molecular formula is C20H22N2O6. The van der Waals surface area contributed by atoms with Gasteiger partial charge >= 0.3 is 5.97 Å². The largest absolute Gasteiger partial charge is 0.493 e. The van der Waals surface area contributed by atoms with E-state index in [0.29, 0.717) is 17.1 Å². The zero-order valence-electron chi connectivity index (χ0n) is 16.1. The summed E-state index contributed by atoms with van der Waals surface area (Å²) in [6.07, 6.45) is -0.160. The van der Waals surface area contributed by atoms with Gasteiger partial charge in [-0.05, 0) is 17.7 Å². The van der Waals surface area contributed by atoms with E-state index in [4.69, 9.17) is 9.47 Å². The molecule has 0 fully saturated rings. The molecule has 8 heteroatoms. The van der Waals surface area contributed by atoms with Gasteiger partial charge in [-0.15, -0.1) is 0 Å². The van der Waals surface area contributed by atoms with Crippen LogP contribution >= 0.6 is 0 Å². The standard InChI is InChI=1S/C20H22N2O6/c1-22(2)19(24)14-10-16(27-3)17(28-4)11-15(14)21-18(23)9-12-7-5-6-8-13(12)20(25)26/h5-8,10-11H,9H2,1-4H3,(H,21,23)(H,25,26). The summed E-state index contributed by atoms with van der Waals surface area (Å²) in [7, 11) is 6.07. The molecule has 0 radical (unpaired) electrons. The summed E-state index contributed by atoms with van der Waals surface area (Å²) in [5.74, 6) is -1.21. The van der Waals surface area contributed by atoms with Gasteiger partial charge in [0.1, 0.15) is 0 Å². The molecule has 0 unspecified atom stereocenters. The van der Waals surface area contributed by atoms with Crippen LogP contribution in [0.2, 0.25) is 0 Å². The zero-order chi connectivity index (χ0) is 20.8. The molecule has 2 amide bonds. The van der Waals surface area contributed by atoms with Crippen LogP contribution in [-0.4, -0.2) is 56.1 Å². The first kappa shape index (κ1) is 20.8. The summed E-state index contributed by atoms with van der Waals surface area (Å²) in [4.78, 5) is 37.8. The Morgan fingerprint density at radius 1 is 1.00 bits per heavy atom. The maximum absolute atomic E-state index is 12.6.